The van der Waals surface area contributed by atoms with Gasteiger partial charge in [-0.1, -0.05) is 75.9 Å². The molecule has 2 aliphatic rings. The molecule has 0 atom stereocenters. The maximum Gasteiger partial charge on any atom is -0.0162 e. The summed E-state index contributed by atoms with van der Waals surface area (Å²) in [6, 6.07) is 9.41. The third-order valence-electron chi connectivity index (χ3n) is 6.05. The summed E-state index contributed by atoms with van der Waals surface area (Å²) < 4.78 is 0. The normalized spacial score (nSPS) is 33.2. The van der Waals surface area contributed by atoms with Crippen LogP contribution in [0.1, 0.15) is 82.3 Å². The lowest BCUT2D eigenvalue weighted by molar-refractivity contribution is 0.331. The van der Waals surface area contributed by atoms with Crippen molar-refractivity contribution in [3.63, 3.8) is 0 Å². The molecule has 0 heterocycles. The molecule has 1 aromatic carbocycles. The third-order valence-corrected chi connectivity index (χ3v) is 6.05. The van der Waals surface area contributed by atoms with Gasteiger partial charge in [-0.05, 0) is 60.5 Å². The quantitative estimate of drug-likeness (QED) is 0.574. The number of rotatable bonds is 3. The zero-order valence-corrected chi connectivity index (χ0v) is 14.4. The van der Waals surface area contributed by atoms with E-state index in [0.29, 0.717) is 0 Å². The highest BCUT2D eigenvalue weighted by molar-refractivity contribution is 5.50. The van der Waals surface area contributed by atoms with E-state index in [1.807, 2.05) is 0 Å². The first-order valence-electron chi connectivity index (χ1n) is 9.49. The monoisotopic (exact) mass is 296 g/mol. The molecular weight excluding hydrogens is 264 g/mol. The Morgan fingerprint density at radius 2 is 1.27 bits per heavy atom. The molecule has 0 bridgehead atoms. The third kappa shape index (κ3) is 4.24. The number of benzene rings is 1. The molecule has 22 heavy (non-hydrogen) atoms. The van der Waals surface area contributed by atoms with Crippen LogP contribution in [0.15, 0.2) is 30.3 Å². The molecule has 1 aromatic rings. The first kappa shape index (κ1) is 15.8. The molecule has 0 nitrogen and oxygen atoms in total. The van der Waals surface area contributed by atoms with Crippen molar-refractivity contribution in [2.24, 2.45) is 17.8 Å². The summed E-state index contributed by atoms with van der Waals surface area (Å²) in [5, 5.41) is 0. The zero-order valence-electron chi connectivity index (χ0n) is 14.4. The Hall–Kier alpha value is -1.04. The molecule has 120 valence electrons. The van der Waals surface area contributed by atoms with Gasteiger partial charge < -0.3 is 0 Å². The van der Waals surface area contributed by atoms with Gasteiger partial charge in [-0.25, -0.2) is 0 Å². The molecule has 3 rings (SSSR count). The van der Waals surface area contributed by atoms with E-state index in [-0.39, 0.29) is 0 Å². The summed E-state index contributed by atoms with van der Waals surface area (Å²) in [4.78, 5) is 0. The maximum absolute atomic E-state index is 2.46. The van der Waals surface area contributed by atoms with E-state index in [0.717, 1.165) is 23.7 Å². The summed E-state index contributed by atoms with van der Waals surface area (Å²) in [6.07, 6.45) is 16.0. The van der Waals surface area contributed by atoms with Gasteiger partial charge in [0.1, 0.15) is 0 Å². The SMILES string of the molecule is CC1CCC(/C=C/c2ccc(C3CCC(C)CC3)cc2)CC1. The Bertz CT molecular complexity index is 465. The molecule has 0 aromatic heterocycles. The first-order chi connectivity index (χ1) is 10.7. The zero-order chi connectivity index (χ0) is 15.4. The van der Waals surface area contributed by atoms with Gasteiger partial charge in [0, 0.05) is 0 Å². The molecular formula is C22H32. The van der Waals surface area contributed by atoms with E-state index in [4.69, 9.17) is 0 Å². The van der Waals surface area contributed by atoms with Crippen LogP contribution in [-0.4, -0.2) is 0 Å². The van der Waals surface area contributed by atoms with Gasteiger partial charge >= 0.3 is 0 Å². The van der Waals surface area contributed by atoms with Crippen LogP contribution in [0.4, 0.5) is 0 Å². The molecule has 0 radical (unpaired) electrons. The Kier molecular flexibility index (Phi) is 5.39. The average Bonchev–Trinajstić information content (AvgIpc) is 2.56. The lowest BCUT2D eigenvalue weighted by Crippen LogP contribution is -2.10. The minimum absolute atomic E-state index is 0.814. The average molecular weight is 296 g/mol. The molecule has 0 spiro atoms. The summed E-state index contributed by atoms with van der Waals surface area (Å²) in [5.41, 5.74) is 2.95. The standard InChI is InChI=1S/C22H32/c1-17-3-7-19(8-4-17)9-10-20-11-15-22(16-12-20)21-13-5-18(2)6-14-21/h9-12,15-19,21H,3-8,13-14H2,1-2H3/b10-9+. The summed E-state index contributed by atoms with van der Waals surface area (Å²) in [7, 11) is 0. The Morgan fingerprint density at radius 3 is 1.86 bits per heavy atom. The van der Waals surface area contributed by atoms with Gasteiger partial charge in [0.25, 0.3) is 0 Å². The topological polar surface area (TPSA) is 0 Å². The second kappa shape index (κ2) is 7.49. The van der Waals surface area contributed by atoms with Crippen LogP contribution in [0.25, 0.3) is 6.08 Å². The van der Waals surface area contributed by atoms with Gasteiger partial charge in [0.15, 0.2) is 0 Å². The van der Waals surface area contributed by atoms with Gasteiger partial charge in [-0.3, -0.25) is 0 Å². The minimum Gasteiger partial charge on any atom is -0.0808 e. The van der Waals surface area contributed by atoms with Crippen molar-refractivity contribution in [2.45, 2.75) is 71.1 Å². The number of allylic oxidation sites excluding steroid dienone is 1. The van der Waals surface area contributed by atoms with Gasteiger partial charge in [0.2, 0.25) is 0 Å². The largest absolute Gasteiger partial charge is 0.0808 e. The van der Waals surface area contributed by atoms with E-state index in [1.165, 1.54) is 56.9 Å². The predicted octanol–water partition coefficient (Wildman–Crippen LogP) is 6.82. The molecule has 0 unspecified atom stereocenters. The highest BCUT2D eigenvalue weighted by Gasteiger charge is 2.19. The molecule has 0 amide bonds. The fourth-order valence-corrected chi connectivity index (χ4v) is 4.20. The summed E-state index contributed by atoms with van der Waals surface area (Å²) in [6.45, 7) is 4.79. The van der Waals surface area contributed by atoms with Crippen LogP contribution in [-0.2, 0) is 0 Å². The van der Waals surface area contributed by atoms with E-state index < -0.39 is 0 Å². The van der Waals surface area contributed by atoms with Crippen LogP contribution in [0.3, 0.4) is 0 Å². The van der Waals surface area contributed by atoms with Gasteiger partial charge in [0.05, 0.1) is 0 Å². The van der Waals surface area contributed by atoms with Crippen molar-refractivity contribution in [3.05, 3.63) is 41.5 Å². The molecule has 0 aliphatic heterocycles. The molecule has 0 saturated heterocycles. The molecule has 0 N–H and O–H groups in total. The van der Waals surface area contributed by atoms with Crippen LogP contribution in [0, 0.1) is 17.8 Å². The van der Waals surface area contributed by atoms with E-state index >= 15 is 0 Å². The smallest absolute Gasteiger partial charge is 0.0162 e. The Morgan fingerprint density at radius 1 is 0.727 bits per heavy atom. The fraction of sp³-hybridized carbons (Fsp3) is 0.636. The highest BCUT2D eigenvalue weighted by atomic mass is 14.2. The van der Waals surface area contributed by atoms with Gasteiger partial charge in [-0.15, -0.1) is 0 Å². The van der Waals surface area contributed by atoms with Crippen molar-refractivity contribution in [1.29, 1.82) is 0 Å². The second-order valence-corrected chi connectivity index (χ2v) is 8.00. The van der Waals surface area contributed by atoms with Crippen molar-refractivity contribution < 1.29 is 0 Å². The number of hydrogen-bond donors (Lipinski definition) is 0. The molecule has 2 fully saturated rings. The Balaban J connectivity index is 1.55. The fourth-order valence-electron chi connectivity index (χ4n) is 4.20. The van der Waals surface area contributed by atoms with Crippen molar-refractivity contribution in [1.82, 2.24) is 0 Å². The van der Waals surface area contributed by atoms with Crippen LogP contribution in [0.5, 0.6) is 0 Å². The molecule has 0 heteroatoms. The first-order valence-corrected chi connectivity index (χ1v) is 9.49. The lowest BCUT2D eigenvalue weighted by Gasteiger charge is -2.26. The van der Waals surface area contributed by atoms with Crippen LogP contribution in [0.2, 0.25) is 0 Å². The van der Waals surface area contributed by atoms with E-state index in [1.54, 1.807) is 5.56 Å². The van der Waals surface area contributed by atoms with E-state index in [2.05, 4.69) is 50.3 Å². The summed E-state index contributed by atoms with van der Waals surface area (Å²) in [5.74, 6) is 3.52. The summed E-state index contributed by atoms with van der Waals surface area (Å²) >= 11 is 0. The van der Waals surface area contributed by atoms with Crippen LogP contribution >= 0.6 is 0 Å². The molecule has 2 aliphatic carbocycles. The van der Waals surface area contributed by atoms with Crippen molar-refractivity contribution in [2.75, 3.05) is 0 Å². The van der Waals surface area contributed by atoms with Crippen LogP contribution < -0.4 is 0 Å². The predicted molar refractivity (Wildman–Crippen MR) is 97.0 cm³/mol. The van der Waals surface area contributed by atoms with Gasteiger partial charge in [-0.2, -0.15) is 0 Å². The highest BCUT2D eigenvalue weighted by Crippen LogP contribution is 2.35. The van der Waals surface area contributed by atoms with E-state index in [9.17, 15) is 0 Å². The minimum atomic E-state index is 0.814. The van der Waals surface area contributed by atoms with Crippen molar-refractivity contribution in [3.8, 4) is 0 Å². The molecule has 2 saturated carbocycles. The lowest BCUT2D eigenvalue weighted by atomic mass is 9.79. The number of hydrogen-bond acceptors (Lipinski definition) is 0. The van der Waals surface area contributed by atoms with Crippen molar-refractivity contribution >= 4 is 6.08 Å². The second-order valence-electron chi connectivity index (χ2n) is 8.00. The Labute approximate surface area is 137 Å². The maximum atomic E-state index is 2.46.